The Morgan fingerprint density at radius 2 is 0.529 bits per heavy atom. The van der Waals surface area contributed by atoms with Crippen LogP contribution in [-0.4, -0.2) is 23.8 Å². The second kappa shape index (κ2) is 36.8. The summed E-state index contributed by atoms with van der Waals surface area (Å²) in [5, 5.41) is 0. The van der Waals surface area contributed by atoms with E-state index in [9.17, 15) is 0 Å². The molecule has 0 saturated carbocycles. The molecule has 0 aromatic carbocycles. The summed E-state index contributed by atoms with van der Waals surface area (Å²) >= 11 is 0. The first-order chi connectivity index (χ1) is 24.9. The molecular weight excluding hydrogens is 625 g/mol. The summed E-state index contributed by atoms with van der Waals surface area (Å²) in [5.74, 6) is -1.12. The van der Waals surface area contributed by atoms with E-state index in [-0.39, 0.29) is 12.2 Å². The summed E-state index contributed by atoms with van der Waals surface area (Å²) in [6, 6.07) is 0. The van der Waals surface area contributed by atoms with E-state index in [0.29, 0.717) is 0 Å². The Bertz CT molecular complexity index is 625. The van der Waals surface area contributed by atoms with Crippen LogP contribution >= 0.6 is 0 Å². The van der Waals surface area contributed by atoms with Gasteiger partial charge in [-0.25, -0.2) is 0 Å². The van der Waals surface area contributed by atoms with Crippen LogP contribution in [0, 0.1) is 0 Å². The van der Waals surface area contributed by atoms with Crippen molar-refractivity contribution in [3.05, 3.63) is 0 Å². The van der Waals surface area contributed by atoms with Crippen molar-refractivity contribution in [1.82, 2.24) is 0 Å². The molecule has 0 bridgehead atoms. The van der Waals surface area contributed by atoms with Crippen LogP contribution in [0.4, 0.5) is 0 Å². The van der Waals surface area contributed by atoms with Gasteiger partial charge in [-0.2, -0.15) is 0 Å². The van der Waals surface area contributed by atoms with E-state index in [2.05, 4.69) is 55.4 Å². The molecule has 0 aromatic rings. The van der Waals surface area contributed by atoms with Gasteiger partial charge in [-0.3, -0.25) is 0 Å². The first kappa shape index (κ1) is 50.9. The maximum Gasteiger partial charge on any atom is 0.172 e. The molecule has 0 aliphatic rings. The van der Waals surface area contributed by atoms with E-state index in [1.807, 2.05) is 0 Å². The largest absolute Gasteiger partial charge is 0.347 e. The predicted molar refractivity (Wildman–Crippen MR) is 228 cm³/mol. The third kappa shape index (κ3) is 28.0. The highest BCUT2D eigenvalue weighted by Crippen LogP contribution is 2.42. The summed E-state index contributed by atoms with van der Waals surface area (Å²) in [7, 11) is 0. The average Bonchev–Trinajstić information content (AvgIpc) is 3.12. The average molecular weight is 723 g/mol. The lowest BCUT2D eigenvalue weighted by molar-refractivity contribution is -0.387. The fourth-order valence-electron chi connectivity index (χ4n) is 8.09. The van der Waals surface area contributed by atoms with Crippen molar-refractivity contribution < 1.29 is 14.2 Å². The molecule has 0 N–H and O–H groups in total. The Labute approximate surface area is 323 Å². The van der Waals surface area contributed by atoms with Gasteiger partial charge in [0.1, 0.15) is 0 Å². The topological polar surface area (TPSA) is 27.7 Å². The Hall–Kier alpha value is -0.120. The second-order valence-electron chi connectivity index (χ2n) is 16.6. The first-order valence-electron chi connectivity index (χ1n) is 24.0. The summed E-state index contributed by atoms with van der Waals surface area (Å²) in [6.07, 6.45) is 44.9. The maximum absolute atomic E-state index is 7.96. The molecule has 4 unspecified atom stereocenters. The summed E-state index contributed by atoms with van der Waals surface area (Å²) in [4.78, 5) is 0. The number of ether oxygens (including phenoxy) is 3. The zero-order chi connectivity index (χ0) is 37.7. The molecule has 51 heavy (non-hydrogen) atoms. The summed E-state index contributed by atoms with van der Waals surface area (Å²) in [6.45, 7) is 18.7. The molecule has 0 amide bonds. The molecule has 0 fully saturated rings. The Morgan fingerprint density at radius 1 is 0.275 bits per heavy atom. The van der Waals surface area contributed by atoms with Crippen molar-refractivity contribution in [3.63, 3.8) is 0 Å². The molecule has 3 nitrogen and oxygen atoms in total. The summed E-state index contributed by atoms with van der Waals surface area (Å²) in [5.41, 5.74) is 0. The summed E-state index contributed by atoms with van der Waals surface area (Å²) < 4.78 is 23.2. The van der Waals surface area contributed by atoms with Crippen LogP contribution in [0.3, 0.4) is 0 Å². The van der Waals surface area contributed by atoms with Gasteiger partial charge in [-0.15, -0.1) is 0 Å². The van der Waals surface area contributed by atoms with E-state index < -0.39 is 11.6 Å². The molecule has 0 heterocycles. The first-order valence-corrected chi connectivity index (χ1v) is 24.0. The second-order valence-corrected chi connectivity index (χ2v) is 16.6. The van der Waals surface area contributed by atoms with Crippen molar-refractivity contribution in [2.24, 2.45) is 0 Å². The van der Waals surface area contributed by atoms with Gasteiger partial charge in [0.2, 0.25) is 0 Å². The minimum absolute atomic E-state index is 0.275. The molecule has 0 spiro atoms. The van der Waals surface area contributed by atoms with Crippen molar-refractivity contribution in [2.45, 2.75) is 310 Å². The van der Waals surface area contributed by atoms with E-state index >= 15 is 0 Å². The Balaban J connectivity index is 6.99. The van der Waals surface area contributed by atoms with Gasteiger partial charge in [0.05, 0.1) is 12.2 Å². The molecule has 3 heteroatoms. The zero-order valence-corrected chi connectivity index (χ0v) is 36.8. The van der Waals surface area contributed by atoms with Gasteiger partial charge in [-0.1, -0.05) is 209 Å². The van der Waals surface area contributed by atoms with Crippen LogP contribution in [0.5, 0.6) is 0 Å². The fraction of sp³-hybridized carbons (Fsp3) is 1.00. The maximum atomic E-state index is 7.96. The van der Waals surface area contributed by atoms with Gasteiger partial charge in [0.15, 0.2) is 11.6 Å². The van der Waals surface area contributed by atoms with Gasteiger partial charge in [-0.05, 0) is 51.4 Å². The number of unbranched alkanes of at least 4 members (excludes halogenated alkanes) is 20. The minimum atomic E-state index is -0.558. The van der Waals surface area contributed by atoms with Gasteiger partial charge in [0.25, 0.3) is 0 Å². The molecule has 0 aliphatic heterocycles. The van der Waals surface area contributed by atoms with E-state index in [0.717, 1.165) is 38.5 Å². The lowest BCUT2D eigenvalue weighted by Gasteiger charge is -2.47. The standard InChI is InChI=1S/C48H98O3/c1-9-17-23-29-35-43-47(41-33-27-21-13-5,49-45(37-15-7)39-31-25-19-11-3)51-48(42-34-28-22-14-6,44-36-30-24-18-10-2)50-46(38-16-8)40-32-26-20-12-4/h45-46H,9-44H2,1-8H3. The Morgan fingerprint density at radius 3 is 0.804 bits per heavy atom. The van der Waals surface area contributed by atoms with Crippen LogP contribution in [0.25, 0.3) is 0 Å². The lowest BCUT2D eigenvalue weighted by atomic mass is 9.94. The number of hydrogen-bond donors (Lipinski definition) is 0. The SMILES string of the molecule is CCCCCCCC(CCCCCC)(OC(CCC)CCCCCC)OC(CCCCCC)(CCCCCCC)OC(CCC)CCCCCC. The fourth-order valence-corrected chi connectivity index (χ4v) is 8.09. The highest BCUT2D eigenvalue weighted by Gasteiger charge is 2.45. The normalized spacial score (nSPS) is 15.5. The highest BCUT2D eigenvalue weighted by atomic mass is 16.8. The highest BCUT2D eigenvalue weighted by molar-refractivity contribution is 4.83. The van der Waals surface area contributed by atoms with Crippen LogP contribution in [0.1, 0.15) is 287 Å². The quantitative estimate of drug-likeness (QED) is 0.0464. The lowest BCUT2D eigenvalue weighted by Crippen LogP contribution is -2.51. The van der Waals surface area contributed by atoms with Gasteiger partial charge < -0.3 is 14.2 Å². The van der Waals surface area contributed by atoms with Crippen molar-refractivity contribution >= 4 is 0 Å². The Kier molecular flexibility index (Phi) is 36.7. The van der Waals surface area contributed by atoms with Gasteiger partial charge >= 0.3 is 0 Å². The molecule has 0 aromatic heterocycles. The monoisotopic (exact) mass is 723 g/mol. The van der Waals surface area contributed by atoms with Crippen molar-refractivity contribution in [1.29, 1.82) is 0 Å². The molecule has 308 valence electrons. The van der Waals surface area contributed by atoms with Crippen LogP contribution in [0.15, 0.2) is 0 Å². The zero-order valence-electron chi connectivity index (χ0n) is 36.8. The van der Waals surface area contributed by atoms with Crippen LogP contribution < -0.4 is 0 Å². The number of rotatable bonds is 42. The van der Waals surface area contributed by atoms with Crippen LogP contribution in [0.2, 0.25) is 0 Å². The van der Waals surface area contributed by atoms with Gasteiger partial charge in [0, 0.05) is 25.7 Å². The molecule has 0 rings (SSSR count). The third-order valence-corrected chi connectivity index (χ3v) is 11.3. The molecule has 0 aliphatic carbocycles. The van der Waals surface area contributed by atoms with Crippen LogP contribution in [-0.2, 0) is 14.2 Å². The van der Waals surface area contributed by atoms with E-state index in [1.165, 1.54) is 193 Å². The number of hydrogen-bond acceptors (Lipinski definition) is 3. The third-order valence-electron chi connectivity index (χ3n) is 11.3. The van der Waals surface area contributed by atoms with Crippen molar-refractivity contribution in [3.8, 4) is 0 Å². The molecule has 0 radical (unpaired) electrons. The predicted octanol–water partition coefficient (Wildman–Crippen LogP) is 17.4. The van der Waals surface area contributed by atoms with Crippen molar-refractivity contribution in [2.75, 3.05) is 0 Å². The minimum Gasteiger partial charge on any atom is -0.347 e. The molecule has 4 atom stereocenters. The van der Waals surface area contributed by atoms with E-state index in [1.54, 1.807) is 0 Å². The smallest absolute Gasteiger partial charge is 0.172 e. The van der Waals surface area contributed by atoms with E-state index in [4.69, 9.17) is 14.2 Å². The molecular formula is C48H98O3. The molecule has 0 saturated heterocycles.